The van der Waals surface area contributed by atoms with E-state index in [9.17, 15) is 5.26 Å². The van der Waals surface area contributed by atoms with Gasteiger partial charge in [-0.2, -0.15) is 5.26 Å². The van der Waals surface area contributed by atoms with Crippen molar-refractivity contribution in [2.24, 2.45) is 0 Å². The monoisotopic (exact) mass is 802 g/mol. The van der Waals surface area contributed by atoms with Gasteiger partial charge in [-0.05, 0) is 72.8 Å². The van der Waals surface area contributed by atoms with Gasteiger partial charge in [0, 0.05) is 18.8 Å². The fraction of sp³-hybridized carbons (Fsp3) is 0. The summed E-state index contributed by atoms with van der Waals surface area (Å²) in [5.74, 6) is 1.58. The first-order valence-corrected chi connectivity index (χ1v) is 20.5. The normalized spacial score (nSPS) is 12.6. The van der Waals surface area contributed by atoms with E-state index in [-0.39, 0.29) is 11.3 Å². The lowest BCUT2D eigenvalue weighted by atomic mass is 10.1. The van der Waals surface area contributed by atoms with Crippen molar-refractivity contribution in [3.63, 3.8) is 0 Å². The second kappa shape index (κ2) is 12.5. The number of benzene rings is 7. The first-order chi connectivity index (χ1) is 27.5. The second-order valence-corrected chi connectivity index (χ2v) is 17.1. The molecule has 2 aromatic heterocycles. The predicted molar refractivity (Wildman–Crippen MR) is 226 cm³/mol. The van der Waals surface area contributed by atoms with E-state index in [2.05, 4.69) is 10.9 Å². The molecule has 0 amide bonds. The van der Waals surface area contributed by atoms with E-state index in [0.29, 0.717) is 75.9 Å². The number of ether oxygens (including phenoxy) is 2. The topological polar surface area (TPSA) is 53.1 Å². The van der Waals surface area contributed by atoms with Crippen LogP contribution in [0.25, 0.3) is 42.4 Å². The maximum atomic E-state index is 16.4. The van der Waals surface area contributed by atoms with Crippen LogP contribution >= 0.6 is 45.3 Å². The molecule has 0 bridgehead atoms. The van der Waals surface area contributed by atoms with Crippen LogP contribution in [0.2, 0.25) is 0 Å². The zero-order valence-electron chi connectivity index (χ0n) is 28.5. The molecule has 0 fully saturated rings. The van der Waals surface area contributed by atoms with E-state index in [1.807, 2.05) is 119 Å². The highest BCUT2D eigenvalue weighted by Gasteiger charge is 2.30. The van der Waals surface area contributed by atoms with Crippen LogP contribution in [0, 0.1) is 29.5 Å². The van der Waals surface area contributed by atoms with Crippen molar-refractivity contribution in [3.05, 3.63) is 150 Å². The van der Waals surface area contributed by atoms with Crippen molar-refractivity contribution in [3.8, 4) is 29.1 Å². The molecule has 266 valence electrons. The zero-order valence-corrected chi connectivity index (χ0v) is 31.8. The molecule has 0 aliphatic carbocycles. The Labute approximate surface area is 333 Å². The average molecular weight is 803 g/mol. The summed E-state index contributed by atoms with van der Waals surface area (Å²) >= 11 is 5.50. The Hall–Kier alpha value is -6.54. The summed E-state index contributed by atoms with van der Waals surface area (Å²) in [6, 6.07) is 39.2. The molecule has 0 unspecified atom stereocenters. The summed E-state index contributed by atoms with van der Waals surface area (Å²) in [6.45, 7) is 8.18. The third-order valence-corrected chi connectivity index (χ3v) is 15.1. The van der Waals surface area contributed by atoms with E-state index in [4.69, 9.17) is 16.0 Å². The molecule has 0 saturated carbocycles. The molecule has 6 nitrogen and oxygen atoms in total. The molecule has 12 heteroatoms. The maximum absolute atomic E-state index is 16.4. The molecule has 0 spiro atoms. The standard InChI is InChI=1S/C44H20F2N4O2S4/c1-48-40-23(22-47)41-43(55-38-20-30(24(45)18-36(38)53-41)49-26-10-2-6-14-32(26)51-33-15-7-3-11-27(33)49)44-42(40)54-37-19-25(46)31(21-39(37)56-44)50-28-12-4-8-16-34(28)52-35-17-9-5-13-29(35)50/h2-21H. The number of rotatable bonds is 2. The molecule has 9 aromatic rings. The van der Waals surface area contributed by atoms with Crippen LogP contribution in [-0.4, -0.2) is 0 Å². The van der Waals surface area contributed by atoms with E-state index < -0.39 is 11.6 Å². The number of halogens is 2. The van der Waals surface area contributed by atoms with Gasteiger partial charge in [0.1, 0.15) is 11.6 Å². The fourth-order valence-corrected chi connectivity index (χ4v) is 12.5. The average Bonchev–Trinajstić information content (AvgIpc) is 3.22. The molecule has 0 radical (unpaired) electrons. The van der Waals surface area contributed by atoms with Crippen molar-refractivity contribution in [1.82, 2.24) is 0 Å². The molecule has 2 aliphatic rings. The SMILES string of the molecule is [C-]#[N+]c1c(C#N)c2sc3cc(F)c(N4c5ccccc5Oc5ccccc54)cc3sc2c2sc3cc(N4c5ccccc5Oc5ccccc54)c(F)cc3sc12. The van der Waals surface area contributed by atoms with Crippen molar-refractivity contribution in [1.29, 1.82) is 5.26 Å². The molecule has 11 rings (SSSR count). The van der Waals surface area contributed by atoms with Gasteiger partial charge in [0.25, 0.3) is 0 Å². The van der Waals surface area contributed by atoms with Crippen LogP contribution in [0.15, 0.2) is 121 Å². The number of para-hydroxylation sites is 8. The highest BCUT2D eigenvalue weighted by Crippen LogP contribution is 2.55. The van der Waals surface area contributed by atoms with Gasteiger partial charge in [-0.25, -0.2) is 13.6 Å². The minimum absolute atomic E-state index is 0.208. The Morgan fingerprint density at radius 3 is 1.27 bits per heavy atom. The first-order valence-electron chi connectivity index (χ1n) is 17.2. The molecule has 7 aromatic carbocycles. The van der Waals surface area contributed by atoms with Gasteiger partial charge in [0.2, 0.25) is 5.69 Å². The number of nitrogens with zero attached hydrogens (tertiary/aromatic N) is 4. The molecule has 0 atom stereocenters. The van der Waals surface area contributed by atoms with Crippen LogP contribution in [0.1, 0.15) is 5.56 Å². The molecular weight excluding hydrogens is 783 g/mol. The van der Waals surface area contributed by atoms with Gasteiger partial charge < -0.3 is 19.3 Å². The second-order valence-electron chi connectivity index (χ2n) is 12.9. The van der Waals surface area contributed by atoms with Crippen LogP contribution < -0.4 is 19.3 Å². The van der Waals surface area contributed by atoms with E-state index >= 15 is 8.78 Å². The summed E-state index contributed by atoms with van der Waals surface area (Å²) in [6.07, 6.45) is 0. The number of hydrogen-bond donors (Lipinski definition) is 0. The van der Waals surface area contributed by atoms with Crippen LogP contribution in [0.5, 0.6) is 23.0 Å². The molecule has 4 heterocycles. The van der Waals surface area contributed by atoms with Crippen molar-refractivity contribution >= 4 is 123 Å². The van der Waals surface area contributed by atoms with E-state index in [0.717, 1.165) is 18.8 Å². The zero-order chi connectivity index (χ0) is 37.7. The Morgan fingerprint density at radius 2 is 0.857 bits per heavy atom. The minimum atomic E-state index is -0.437. The quantitative estimate of drug-likeness (QED) is 0.0990. The van der Waals surface area contributed by atoms with Crippen LogP contribution in [-0.2, 0) is 0 Å². The maximum Gasteiger partial charge on any atom is 0.224 e. The molecule has 2 aliphatic heterocycles. The third-order valence-electron chi connectivity index (χ3n) is 9.74. The number of anilines is 6. The Bertz CT molecular complexity index is 3000. The third kappa shape index (κ3) is 4.84. The van der Waals surface area contributed by atoms with Crippen molar-refractivity contribution < 1.29 is 18.3 Å². The Balaban J connectivity index is 1.16. The van der Waals surface area contributed by atoms with Crippen molar-refractivity contribution in [2.75, 3.05) is 9.80 Å². The Kier molecular flexibility index (Phi) is 7.33. The summed E-state index contributed by atoms with van der Waals surface area (Å²) in [7, 11) is 0. The lowest BCUT2D eigenvalue weighted by molar-refractivity contribution is 0.476. The van der Waals surface area contributed by atoms with Gasteiger partial charge in [0.05, 0.1) is 71.1 Å². The largest absolute Gasteiger partial charge is 0.453 e. The Morgan fingerprint density at radius 1 is 0.500 bits per heavy atom. The highest BCUT2D eigenvalue weighted by atomic mass is 32.1. The fourth-order valence-electron chi connectivity index (χ4n) is 7.31. The number of hydrogen-bond acceptors (Lipinski definition) is 9. The molecule has 0 saturated heterocycles. The minimum Gasteiger partial charge on any atom is -0.453 e. The molecule has 56 heavy (non-hydrogen) atoms. The predicted octanol–water partition coefficient (Wildman–Crippen LogP) is 15.5. The summed E-state index contributed by atoms with van der Waals surface area (Å²) in [4.78, 5) is 7.61. The smallest absolute Gasteiger partial charge is 0.224 e. The van der Waals surface area contributed by atoms with E-state index in [1.165, 1.54) is 57.5 Å². The molecular formula is C44H20F2N4O2S4. The van der Waals surface area contributed by atoms with E-state index in [1.54, 1.807) is 0 Å². The van der Waals surface area contributed by atoms with Gasteiger partial charge in [0.15, 0.2) is 23.0 Å². The van der Waals surface area contributed by atoms with Crippen molar-refractivity contribution in [2.45, 2.75) is 0 Å². The van der Waals surface area contributed by atoms with Gasteiger partial charge >= 0.3 is 0 Å². The lowest BCUT2D eigenvalue weighted by Crippen LogP contribution is -2.16. The lowest BCUT2D eigenvalue weighted by Gasteiger charge is -2.33. The van der Waals surface area contributed by atoms with Gasteiger partial charge in [-0.15, -0.1) is 45.3 Å². The number of fused-ring (bicyclic) bond motifs is 9. The van der Waals surface area contributed by atoms with Gasteiger partial charge in [-0.1, -0.05) is 48.5 Å². The number of nitriles is 1. The summed E-state index contributed by atoms with van der Waals surface area (Å²) in [5.41, 5.74) is 3.99. The summed E-state index contributed by atoms with van der Waals surface area (Å²) in [5, 5.41) is 10.5. The summed E-state index contributed by atoms with van der Waals surface area (Å²) < 4.78 is 51.0. The van der Waals surface area contributed by atoms with Gasteiger partial charge in [-0.3, -0.25) is 0 Å². The van der Waals surface area contributed by atoms with Crippen LogP contribution in [0.4, 0.5) is 48.6 Å². The molecule has 0 N–H and O–H groups in total. The first kappa shape index (κ1) is 32.9. The highest BCUT2D eigenvalue weighted by molar-refractivity contribution is 7.42. The van der Waals surface area contributed by atoms with Crippen LogP contribution in [0.3, 0.4) is 0 Å².